The smallest absolute Gasteiger partial charge is 0.345 e. The summed E-state index contributed by atoms with van der Waals surface area (Å²) in [4.78, 5) is 12.6. The summed E-state index contributed by atoms with van der Waals surface area (Å²) in [5, 5.41) is 15.1. The molecule has 19 heavy (non-hydrogen) atoms. The third kappa shape index (κ3) is 3.50. The van der Waals surface area contributed by atoms with Crippen LogP contribution >= 0.6 is 0 Å². The Labute approximate surface area is 111 Å². The lowest BCUT2D eigenvalue weighted by molar-refractivity contribution is -0.392. The normalized spacial score (nSPS) is 17.8. The number of nitro groups is 1. The minimum Gasteiger partial charge on any atom is -0.358 e. The molecule has 6 nitrogen and oxygen atoms in total. The molecule has 0 N–H and O–H groups in total. The fraction of sp³-hybridized carbons (Fsp3) is 0.750. The number of piperidine rings is 1. The molecule has 0 saturated carbocycles. The van der Waals surface area contributed by atoms with Crippen molar-refractivity contribution in [2.75, 3.05) is 26.3 Å². The molecule has 7 heteroatoms. The number of hydrogen-bond donors (Lipinski definition) is 0. The van der Waals surface area contributed by atoms with Crippen LogP contribution in [-0.4, -0.2) is 45.9 Å². The standard InChI is InChI=1S/C12H19FN4O2/c1-10-8-12(17(18)19)16(14-10)9-11-2-5-15(6-3-11)7-4-13/h8,11H,2-7,9H2,1H3. The molecule has 0 unspecified atom stereocenters. The first kappa shape index (κ1) is 13.9. The van der Waals surface area contributed by atoms with E-state index < -0.39 is 4.92 Å². The summed E-state index contributed by atoms with van der Waals surface area (Å²) in [6.45, 7) is 4.24. The second kappa shape index (κ2) is 6.10. The van der Waals surface area contributed by atoms with Gasteiger partial charge in [0, 0.05) is 12.5 Å². The number of hydrogen-bond acceptors (Lipinski definition) is 4. The molecule has 0 bridgehead atoms. The third-order valence-electron chi connectivity index (χ3n) is 3.61. The van der Waals surface area contributed by atoms with Crippen molar-refractivity contribution in [2.24, 2.45) is 5.92 Å². The summed E-state index contributed by atoms with van der Waals surface area (Å²) in [5.74, 6) is 0.442. The Bertz CT molecular complexity index is 441. The molecule has 2 heterocycles. The molecule has 0 amide bonds. The number of likely N-dealkylation sites (tertiary alicyclic amines) is 1. The van der Waals surface area contributed by atoms with Gasteiger partial charge in [-0.05, 0) is 37.8 Å². The quantitative estimate of drug-likeness (QED) is 0.604. The summed E-state index contributed by atoms with van der Waals surface area (Å²) in [7, 11) is 0. The highest BCUT2D eigenvalue weighted by atomic mass is 19.1. The molecule has 0 radical (unpaired) electrons. The number of rotatable bonds is 5. The predicted molar refractivity (Wildman–Crippen MR) is 68.8 cm³/mol. The van der Waals surface area contributed by atoms with E-state index in [-0.39, 0.29) is 12.5 Å². The van der Waals surface area contributed by atoms with Crippen molar-refractivity contribution in [3.63, 3.8) is 0 Å². The van der Waals surface area contributed by atoms with Crippen LogP contribution in [-0.2, 0) is 6.54 Å². The third-order valence-corrected chi connectivity index (χ3v) is 3.61. The Balaban J connectivity index is 1.94. The lowest BCUT2D eigenvalue weighted by atomic mass is 9.97. The van der Waals surface area contributed by atoms with Gasteiger partial charge in [-0.2, -0.15) is 0 Å². The van der Waals surface area contributed by atoms with Crippen molar-refractivity contribution in [2.45, 2.75) is 26.3 Å². The molecule has 1 aromatic heterocycles. The van der Waals surface area contributed by atoms with Gasteiger partial charge in [0.2, 0.25) is 0 Å². The van der Waals surface area contributed by atoms with E-state index in [9.17, 15) is 14.5 Å². The monoisotopic (exact) mass is 270 g/mol. The Hall–Kier alpha value is -1.50. The highest BCUT2D eigenvalue weighted by Crippen LogP contribution is 2.22. The van der Waals surface area contributed by atoms with E-state index in [4.69, 9.17) is 0 Å². The average Bonchev–Trinajstić information content (AvgIpc) is 2.73. The van der Waals surface area contributed by atoms with Crippen LogP contribution in [0.5, 0.6) is 0 Å². The lowest BCUT2D eigenvalue weighted by Crippen LogP contribution is -2.36. The van der Waals surface area contributed by atoms with Gasteiger partial charge in [0.25, 0.3) is 0 Å². The minimum atomic E-state index is -0.391. The highest BCUT2D eigenvalue weighted by molar-refractivity contribution is 5.22. The number of halogens is 1. The predicted octanol–water partition coefficient (Wildman–Crippen LogP) is 1.78. The van der Waals surface area contributed by atoms with E-state index in [1.54, 1.807) is 6.92 Å². The largest absolute Gasteiger partial charge is 0.358 e. The van der Waals surface area contributed by atoms with Crippen LogP contribution in [0.3, 0.4) is 0 Å². The number of nitrogens with zero attached hydrogens (tertiary/aromatic N) is 4. The molecule has 2 rings (SSSR count). The van der Waals surface area contributed by atoms with Crippen molar-refractivity contribution in [1.29, 1.82) is 0 Å². The summed E-state index contributed by atoms with van der Waals surface area (Å²) >= 11 is 0. The number of aromatic nitrogens is 2. The molecule has 0 aromatic carbocycles. The molecule has 0 atom stereocenters. The first-order chi connectivity index (χ1) is 9.10. The first-order valence-corrected chi connectivity index (χ1v) is 6.57. The zero-order valence-electron chi connectivity index (χ0n) is 11.1. The Morgan fingerprint density at radius 2 is 2.21 bits per heavy atom. The van der Waals surface area contributed by atoms with Gasteiger partial charge in [0.15, 0.2) is 0 Å². The number of alkyl halides is 1. The van der Waals surface area contributed by atoms with Gasteiger partial charge < -0.3 is 15.0 Å². The van der Waals surface area contributed by atoms with Crippen LogP contribution in [0.25, 0.3) is 0 Å². The van der Waals surface area contributed by atoms with Crippen LogP contribution in [0.15, 0.2) is 6.07 Å². The highest BCUT2D eigenvalue weighted by Gasteiger charge is 2.24. The summed E-state index contributed by atoms with van der Waals surface area (Å²) in [6.07, 6.45) is 1.88. The van der Waals surface area contributed by atoms with Crippen LogP contribution in [0.4, 0.5) is 10.2 Å². The maximum Gasteiger partial charge on any atom is 0.345 e. The number of aryl methyl sites for hydroxylation is 1. The molecule has 1 fully saturated rings. The van der Waals surface area contributed by atoms with Crippen molar-refractivity contribution < 1.29 is 9.31 Å². The van der Waals surface area contributed by atoms with Crippen molar-refractivity contribution in [3.8, 4) is 0 Å². The van der Waals surface area contributed by atoms with Gasteiger partial charge in [-0.15, -0.1) is 4.68 Å². The fourth-order valence-corrected chi connectivity index (χ4v) is 2.57. The van der Waals surface area contributed by atoms with E-state index in [1.165, 1.54) is 10.7 Å². The Morgan fingerprint density at radius 1 is 1.53 bits per heavy atom. The molecular weight excluding hydrogens is 251 g/mol. The molecule has 1 aliphatic rings. The molecule has 106 valence electrons. The second-order valence-electron chi connectivity index (χ2n) is 5.06. The second-order valence-corrected chi connectivity index (χ2v) is 5.06. The molecular formula is C12H19FN4O2. The topological polar surface area (TPSA) is 64.2 Å². The molecule has 1 aromatic rings. The van der Waals surface area contributed by atoms with Gasteiger partial charge >= 0.3 is 5.82 Å². The van der Waals surface area contributed by atoms with E-state index >= 15 is 0 Å². The lowest BCUT2D eigenvalue weighted by Gasteiger charge is -2.30. The van der Waals surface area contributed by atoms with E-state index in [2.05, 4.69) is 10.00 Å². The van der Waals surface area contributed by atoms with Gasteiger partial charge in [-0.1, -0.05) is 5.10 Å². The first-order valence-electron chi connectivity index (χ1n) is 6.57. The van der Waals surface area contributed by atoms with Crippen molar-refractivity contribution in [1.82, 2.24) is 14.7 Å². The minimum absolute atomic E-state index is 0.0590. The Kier molecular flexibility index (Phi) is 4.47. The van der Waals surface area contributed by atoms with Gasteiger partial charge in [-0.3, -0.25) is 0 Å². The summed E-state index contributed by atoms with van der Waals surface area (Å²) < 4.78 is 13.7. The SMILES string of the molecule is Cc1cc([N+](=O)[O-])n(CC2CCN(CCF)CC2)n1. The average molecular weight is 270 g/mol. The van der Waals surface area contributed by atoms with Gasteiger partial charge in [-0.25, -0.2) is 4.39 Å². The van der Waals surface area contributed by atoms with Crippen molar-refractivity contribution >= 4 is 5.82 Å². The van der Waals surface area contributed by atoms with Gasteiger partial charge in [0.1, 0.15) is 13.2 Å². The van der Waals surface area contributed by atoms with Crippen LogP contribution in [0, 0.1) is 23.0 Å². The molecule has 0 aliphatic carbocycles. The van der Waals surface area contributed by atoms with E-state index in [0.717, 1.165) is 25.9 Å². The zero-order chi connectivity index (χ0) is 13.8. The summed E-state index contributed by atoms with van der Waals surface area (Å²) in [5.41, 5.74) is 0.668. The zero-order valence-corrected chi connectivity index (χ0v) is 11.1. The maximum absolute atomic E-state index is 12.2. The van der Waals surface area contributed by atoms with Crippen LogP contribution < -0.4 is 0 Å². The fourth-order valence-electron chi connectivity index (χ4n) is 2.57. The summed E-state index contributed by atoms with van der Waals surface area (Å²) in [6, 6.07) is 1.50. The Morgan fingerprint density at radius 3 is 2.79 bits per heavy atom. The van der Waals surface area contributed by atoms with Crippen LogP contribution in [0.2, 0.25) is 0 Å². The van der Waals surface area contributed by atoms with E-state index in [1.807, 2.05) is 0 Å². The van der Waals surface area contributed by atoms with Gasteiger partial charge in [0.05, 0.1) is 11.8 Å². The van der Waals surface area contributed by atoms with Crippen molar-refractivity contribution in [3.05, 3.63) is 21.9 Å². The maximum atomic E-state index is 12.2. The molecule has 0 spiro atoms. The van der Waals surface area contributed by atoms with E-state index in [0.29, 0.717) is 24.7 Å². The molecule has 1 aliphatic heterocycles. The molecule has 1 saturated heterocycles. The van der Waals surface area contributed by atoms with Crippen LogP contribution in [0.1, 0.15) is 18.5 Å².